The number of hydrogen-bond acceptors (Lipinski definition) is 6. The van der Waals surface area contributed by atoms with Crippen LogP contribution in [-0.2, 0) is 9.57 Å². The fourth-order valence-corrected chi connectivity index (χ4v) is 4.01. The van der Waals surface area contributed by atoms with Crippen LogP contribution in [0, 0.1) is 6.92 Å². The molecular weight excluding hydrogens is 454 g/mol. The van der Waals surface area contributed by atoms with E-state index in [1.807, 2.05) is 88.4 Å². The number of hydrogen-bond donors (Lipinski definition) is 0. The van der Waals surface area contributed by atoms with E-state index in [1.54, 1.807) is 11.0 Å². The Bertz CT molecular complexity index is 1250. The molecule has 0 unspecified atom stereocenters. The maximum atomic E-state index is 12.8. The summed E-state index contributed by atoms with van der Waals surface area (Å²) in [6.07, 6.45) is -0.293. The predicted octanol–water partition coefficient (Wildman–Crippen LogP) is 5.26. The van der Waals surface area contributed by atoms with E-state index >= 15 is 0 Å². The smallest absolute Gasteiger partial charge is 0.410 e. The Morgan fingerprint density at radius 1 is 0.861 bits per heavy atom. The first-order valence-corrected chi connectivity index (χ1v) is 12.2. The van der Waals surface area contributed by atoms with Crippen LogP contribution in [0.15, 0.2) is 71.9 Å². The van der Waals surface area contributed by atoms with Crippen molar-refractivity contribution in [3.05, 3.63) is 83.4 Å². The third-order valence-corrected chi connectivity index (χ3v) is 6.01. The molecule has 0 spiro atoms. The largest absolute Gasteiger partial charge is 0.444 e. The quantitative estimate of drug-likeness (QED) is 0.279. The minimum absolute atomic E-state index is 0.293. The fraction of sp³-hybridized carbons (Fsp3) is 0.345. The highest BCUT2D eigenvalue weighted by Gasteiger charge is 2.26. The molecule has 7 heteroatoms. The molecule has 36 heavy (non-hydrogen) atoms. The van der Waals surface area contributed by atoms with Gasteiger partial charge < -0.3 is 14.5 Å². The summed E-state index contributed by atoms with van der Waals surface area (Å²) in [7, 11) is 0. The second-order valence-corrected chi connectivity index (χ2v) is 10.1. The molecule has 0 aliphatic carbocycles. The molecule has 0 saturated carbocycles. The molecule has 188 valence electrons. The van der Waals surface area contributed by atoms with Gasteiger partial charge in [0, 0.05) is 38.3 Å². The number of fused-ring (bicyclic) bond motifs is 1. The first kappa shape index (κ1) is 25.4. The van der Waals surface area contributed by atoms with Crippen molar-refractivity contribution >= 4 is 28.5 Å². The van der Waals surface area contributed by atoms with Gasteiger partial charge in [-0.1, -0.05) is 65.3 Å². The second-order valence-electron chi connectivity index (χ2n) is 10.1. The van der Waals surface area contributed by atoms with Crippen molar-refractivity contribution in [3.63, 3.8) is 0 Å². The molecule has 3 aromatic carbocycles. The fourth-order valence-electron chi connectivity index (χ4n) is 4.01. The number of ether oxygens (including phenoxy) is 1. The summed E-state index contributed by atoms with van der Waals surface area (Å²) in [6, 6.07) is 21.3. The van der Waals surface area contributed by atoms with E-state index in [9.17, 15) is 9.59 Å². The Balaban J connectivity index is 1.45. The zero-order valence-electron chi connectivity index (χ0n) is 21.4. The number of rotatable bonds is 5. The Labute approximate surface area is 212 Å². The molecule has 1 aliphatic heterocycles. The zero-order valence-corrected chi connectivity index (χ0v) is 21.4. The SMILES string of the molecule is Cc1ccc(/C(CN2CCN(C(=O)OC(C)(C)C)CC2)=N\OC(=O)c2ccc3ccccc3c2)cc1. The van der Waals surface area contributed by atoms with Crippen LogP contribution in [0.25, 0.3) is 10.8 Å². The molecule has 0 aromatic heterocycles. The van der Waals surface area contributed by atoms with Gasteiger partial charge in [-0.05, 0) is 50.6 Å². The molecule has 0 radical (unpaired) electrons. The number of carbonyl (C=O) groups is 2. The van der Waals surface area contributed by atoms with E-state index < -0.39 is 11.6 Å². The molecule has 0 bridgehead atoms. The number of piperazine rings is 1. The zero-order chi connectivity index (χ0) is 25.7. The molecular formula is C29H33N3O4. The Morgan fingerprint density at radius 2 is 1.50 bits per heavy atom. The number of benzene rings is 3. The van der Waals surface area contributed by atoms with Crippen LogP contribution >= 0.6 is 0 Å². The summed E-state index contributed by atoms with van der Waals surface area (Å²) >= 11 is 0. The summed E-state index contributed by atoms with van der Waals surface area (Å²) in [6.45, 7) is 10.6. The summed E-state index contributed by atoms with van der Waals surface area (Å²) < 4.78 is 5.50. The molecule has 1 amide bonds. The lowest BCUT2D eigenvalue weighted by Crippen LogP contribution is -2.51. The predicted molar refractivity (Wildman–Crippen MR) is 141 cm³/mol. The molecule has 4 rings (SSSR count). The summed E-state index contributed by atoms with van der Waals surface area (Å²) in [5, 5.41) is 6.33. The summed E-state index contributed by atoms with van der Waals surface area (Å²) in [4.78, 5) is 34.5. The minimum Gasteiger partial charge on any atom is -0.444 e. The molecule has 1 heterocycles. The van der Waals surface area contributed by atoms with Crippen LogP contribution in [0.1, 0.15) is 42.3 Å². The lowest BCUT2D eigenvalue weighted by atomic mass is 10.1. The normalized spacial score (nSPS) is 15.1. The third-order valence-electron chi connectivity index (χ3n) is 6.01. The van der Waals surface area contributed by atoms with Crippen molar-refractivity contribution in [2.75, 3.05) is 32.7 Å². The minimum atomic E-state index is -0.519. The van der Waals surface area contributed by atoms with Crippen molar-refractivity contribution < 1.29 is 19.2 Å². The van der Waals surface area contributed by atoms with E-state index in [0.29, 0.717) is 44.0 Å². The first-order valence-electron chi connectivity index (χ1n) is 12.2. The van der Waals surface area contributed by atoms with Gasteiger partial charge in [-0.15, -0.1) is 0 Å². The molecule has 0 atom stereocenters. The van der Waals surface area contributed by atoms with Gasteiger partial charge in [0.15, 0.2) is 0 Å². The maximum Gasteiger partial charge on any atom is 0.410 e. The van der Waals surface area contributed by atoms with E-state index in [2.05, 4.69) is 10.1 Å². The van der Waals surface area contributed by atoms with Gasteiger partial charge in [-0.2, -0.15) is 0 Å². The van der Waals surface area contributed by atoms with E-state index in [0.717, 1.165) is 21.9 Å². The monoisotopic (exact) mass is 487 g/mol. The lowest BCUT2D eigenvalue weighted by Gasteiger charge is -2.35. The first-order chi connectivity index (χ1) is 17.2. The summed E-state index contributed by atoms with van der Waals surface area (Å²) in [5.74, 6) is -0.500. The number of amides is 1. The Kier molecular flexibility index (Phi) is 7.70. The number of nitrogens with zero attached hydrogens (tertiary/aromatic N) is 3. The lowest BCUT2D eigenvalue weighted by molar-refractivity contribution is 0.0155. The topological polar surface area (TPSA) is 71.4 Å². The average Bonchev–Trinajstić information content (AvgIpc) is 2.86. The van der Waals surface area contributed by atoms with Gasteiger partial charge in [0.1, 0.15) is 11.3 Å². The van der Waals surface area contributed by atoms with Gasteiger partial charge in [-0.25, -0.2) is 9.59 Å². The number of carbonyl (C=O) groups excluding carboxylic acids is 2. The molecule has 1 aliphatic rings. The molecule has 1 saturated heterocycles. The molecule has 0 N–H and O–H groups in total. The van der Waals surface area contributed by atoms with E-state index in [4.69, 9.17) is 9.57 Å². The van der Waals surface area contributed by atoms with Gasteiger partial charge in [0.25, 0.3) is 0 Å². The second kappa shape index (κ2) is 10.9. The van der Waals surface area contributed by atoms with Crippen molar-refractivity contribution in [1.29, 1.82) is 0 Å². The van der Waals surface area contributed by atoms with Crippen molar-refractivity contribution in [1.82, 2.24) is 9.80 Å². The standard InChI is InChI=1S/C29H33N3O4/c1-21-9-11-23(12-10-21)26(20-31-15-17-32(18-16-31)28(34)35-29(2,3)4)30-36-27(33)25-14-13-22-7-5-6-8-24(22)19-25/h5-14,19H,15-18,20H2,1-4H3/b30-26-. The molecule has 1 fully saturated rings. The highest BCUT2D eigenvalue weighted by atomic mass is 16.7. The maximum absolute atomic E-state index is 12.8. The van der Waals surface area contributed by atoms with Crippen LogP contribution < -0.4 is 0 Å². The Hall–Kier alpha value is -3.71. The van der Waals surface area contributed by atoms with Crippen LogP contribution in [0.2, 0.25) is 0 Å². The van der Waals surface area contributed by atoms with Crippen molar-refractivity contribution in [2.45, 2.75) is 33.3 Å². The van der Waals surface area contributed by atoms with Gasteiger partial charge in [0.2, 0.25) is 0 Å². The van der Waals surface area contributed by atoms with Crippen LogP contribution in [0.4, 0.5) is 4.79 Å². The molecule has 3 aromatic rings. The average molecular weight is 488 g/mol. The number of oxime groups is 1. The van der Waals surface area contributed by atoms with Crippen molar-refractivity contribution in [3.8, 4) is 0 Å². The number of aryl methyl sites for hydroxylation is 1. The third kappa shape index (κ3) is 6.70. The van der Waals surface area contributed by atoms with Crippen LogP contribution in [-0.4, -0.2) is 65.9 Å². The van der Waals surface area contributed by atoms with Crippen LogP contribution in [0.3, 0.4) is 0 Å². The van der Waals surface area contributed by atoms with Gasteiger partial charge in [0.05, 0.1) is 5.56 Å². The van der Waals surface area contributed by atoms with Gasteiger partial charge >= 0.3 is 12.1 Å². The molecule has 7 nitrogen and oxygen atoms in total. The van der Waals surface area contributed by atoms with E-state index in [-0.39, 0.29) is 6.09 Å². The highest BCUT2D eigenvalue weighted by molar-refractivity contribution is 6.02. The Morgan fingerprint density at radius 3 is 2.17 bits per heavy atom. The van der Waals surface area contributed by atoms with Crippen LogP contribution in [0.5, 0.6) is 0 Å². The van der Waals surface area contributed by atoms with Gasteiger partial charge in [-0.3, -0.25) is 4.90 Å². The highest BCUT2D eigenvalue weighted by Crippen LogP contribution is 2.17. The van der Waals surface area contributed by atoms with E-state index in [1.165, 1.54) is 0 Å². The summed E-state index contributed by atoms with van der Waals surface area (Å²) in [5.41, 5.74) is 2.62. The van der Waals surface area contributed by atoms with Crippen molar-refractivity contribution in [2.24, 2.45) is 5.16 Å².